The number of nitrogens with one attached hydrogen (secondary N) is 1. The van der Waals surface area contributed by atoms with E-state index in [-0.39, 0.29) is 23.7 Å². The van der Waals surface area contributed by atoms with E-state index in [1.54, 1.807) is 18.2 Å². The minimum absolute atomic E-state index is 0.113. The molecule has 0 aromatic heterocycles. The Labute approximate surface area is 150 Å². The molecule has 0 radical (unpaired) electrons. The summed E-state index contributed by atoms with van der Waals surface area (Å²) in [5, 5.41) is 3.78. The van der Waals surface area contributed by atoms with Gasteiger partial charge in [-0.05, 0) is 36.1 Å². The first-order valence-corrected chi connectivity index (χ1v) is 8.58. The number of carbonyl (C=O) groups is 1. The van der Waals surface area contributed by atoms with Gasteiger partial charge in [0.15, 0.2) is 0 Å². The lowest BCUT2D eigenvalue weighted by Gasteiger charge is -2.38. The van der Waals surface area contributed by atoms with Crippen LogP contribution >= 0.6 is 11.6 Å². The van der Waals surface area contributed by atoms with Crippen LogP contribution in [0.5, 0.6) is 0 Å². The molecule has 25 heavy (non-hydrogen) atoms. The van der Waals surface area contributed by atoms with E-state index in [4.69, 9.17) is 16.3 Å². The summed E-state index contributed by atoms with van der Waals surface area (Å²) >= 11 is 6.32. The smallest absolute Gasteiger partial charge is 0.339 e. The van der Waals surface area contributed by atoms with Gasteiger partial charge >= 0.3 is 5.97 Å². The maximum absolute atomic E-state index is 14.6. The Balaban J connectivity index is 1.88. The van der Waals surface area contributed by atoms with E-state index in [0.29, 0.717) is 21.8 Å². The Morgan fingerprint density at radius 3 is 2.84 bits per heavy atom. The second-order valence-electron chi connectivity index (χ2n) is 6.37. The summed E-state index contributed by atoms with van der Waals surface area (Å²) in [5.74, 6) is -0.492. The Bertz CT molecular complexity index is 860. The monoisotopic (exact) mass is 357 g/mol. The maximum Gasteiger partial charge on any atom is 0.339 e. The van der Waals surface area contributed by atoms with Gasteiger partial charge in [-0.25, -0.2) is 9.18 Å². The number of carbonyl (C=O) groups excluding carboxylic acids is 1. The molecular formula is C20H17ClFNO2. The normalized spacial score (nSPS) is 23.6. The van der Waals surface area contributed by atoms with Crippen molar-refractivity contribution in [3.05, 3.63) is 76.1 Å². The molecule has 2 aromatic rings. The van der Waals surface area contributed by atoms with Crippen LogP contribution < -0.4 is 5.32 Å². The van der Waals surface area contributed by atoms with E-state index in [2.05, 4.69) is 17.5 Å². The van der Waals surface area contributed by atoms with E-state index in [1.807, 2.05) is 12.1 Å². The van der Waals surface area contributed by atoms with Crippen LogP contribution in [-0.4, -0.2) is 13.1 Å². The standard InChI is InChI=1S/C20H17ClFNO2/c1-25-20(24)14-8-3-6-12-11-5-2-7-13(11)19(23-18(12)14)17-15(21)9-4-10-16(17)22/h2-6,8-11,13,19,23H,7H2,1H3/t11-,13-,19+/m0/s1. The molecular weight excluding hydrogens is 341 g/mol. The molecule has 2 aromatic carbocycles. The van der Waals surface area contributed by atoms with Gasteiger partial charge in [-0.1, -0.05) is 42.0 Å². The van der Waals surface area contributed by atoms with Crippen molar-refractivity contribution in [3.63, 3.8) is 0 Å². The molecule has 0 bridgehead atoms. The highest BCUT2D eigenvalue weighted by Crippen LogP contribution is 2.51. The molecule has 4 rings (SSSR count). The molecule has 0 spiro atoms. The van der Waals surface area contributed by atoms with Crippen molar-refractivity contribution in [1.29, 1.82) is 0 Å². The third-order valence-corrected chi connectivity index (χ3v) is 5.44. The van der Waals surface area contributed by atoms with E-state index in [9.17, 15) is 9.18 Å². The predicted octanol–water partition coefficient (Wildman–Crippen LogP) is 5.09. The highest BCUT2D eigenvalue weighted by molar-refractivity contribution is 6.31. The van der Waals surface area contributed by atoms with Crippen LogP contribution in [0, 0.1) is 11.7 Å². The van der Waals surface area contributed by atoms with Crippen LogP contribution in [0.4, 0.5) is 10.1 Å². The van der Waals surface area contributed by atoms with Crippen molar-refractivity contribution in [1.82, 2.24) is 0 Å². The van der Waals surface area contributed by atoms with E-state index in [0.717, 1.165) is 12.0 Å². The van der Waals surface area contributed by atoms with Crippen molar-refractivity contribution in [2.24, 2.45) is 5.92 Å². The Kier molecular flexibility index (Phi) is 4.00. The summed E-state index contributed by atoms with van der Waals surface area (Å²) in [5.41, 5.74) is 2.64. The number of hydrogen-bond donors (Lipinski definition) is 1. The number of hydrogen-bond acceptors (Lipinski definition) is 3. The lowest BCUT2D eigenvalue weighted by atomic mass is 9.76. The molecule has 0 unspecified atom stereocenters. The number of benzene rings is 2. The lowest BCUT2D eigenvalue weighted by molar-refractivity contribution is 0.0601. The van der Waals surface area contributed by atoms with Crippen LogP contribution in [0.25, 0.3) is 0 Å². The Morgan fingerprint density at radius 1 is 1.28 bits per heavy atom. The molecule has 0 saturated heterocycles. The molecule has 3 atom stereocenters. The van der Waals surface area contributed by atoms with Crippen molar-refractivity contribution < 1.29 is 13.9 Å². The summed E-state index contributed by atoms with van der Waals surface area (Å²) in [6, 6.07) is 9.97. The van der Waals surface area contributed by atoms with Crippen LogP contribution in [0.3, 0.4) is 0 Å². The van der Waals surface area contributed by atoms with Gasteiger partial charge in [-0.3, -0.25) is 0 Å². The van der Waals surface area contributed by atoms with Gasteiger partial charge in [0.25, 0.3) is 0 Å². The van der Waals surface area contributed by atoms with E-state index in [1.165, 1.54) is 13.2 Å². The third-order valence-electron chi connectivity index (χ3n) is 5.11. The molecule has 3 nitrogen and oxygen atoms in total. The minimum atomic E-state index is -0.414. The quantitative estimate of drug-likeness (QED) is 0.600. The molecule has 128 valence electrons. The average Bonchev–Trinajstić information content (AvgIpc) is 3.10. The van der Waals surface area contributed by atoms with E-state index >= 15 is 0 Å². The second-order valence-corrected chi connectivity index (χ2v) is 6.78. The number of allylic oxidation sites excluding steroid dienone is 2. The highest BCUT2D eigenvalue weighted by atomic mass is 35.5. The first kappa shape index (κ1) is 16.2. The lowest BCUT2D eigenvalue weighted by Crippen LogP contribution is -2.31. The Morgan fingerprint density at radius 2 is 2.08 bits per heavy atom. The molecule has 5 heteroatoms. The molecule has 0 saturated carbocycles. The molecule has 2 aliphatic rings. The first-order chi connectivity index (χ1) is 12.1. The van der Waals surface area contributed by atoms with Gasteiger partial charge in [0.05, 0.1) is 24.4 Å². The zero-order valence-corrected chi connectivity index (χ0v) is 14.4. The number of rotatable bonds is 2. The molecule has 0 fully saturated rings. The summed E-state index contributed by atoms with van der Waals surface area (Å²) in [4.78, 5) is 12.2. The fourth-order valence-corrected chi connectivity index (χ4v) is 4.28. The van der Waals surface area contributed by atoms with Crippen LogP contribution in [-0.2, 0) is 4.74 Å². The largest absolute Gasteiger partial charge is 0.465 e. The predicted molar refractivity (Wildman–Crippen MR) is 95.5 cm³/mol. The van der Waals surface area contributed by atoms with Crippen LogP contribution in [0.2, 0.25) is 5.02 Å². The van der Waals surface area contributed by atoms with Gasteiger partial charge in [-0.15, -0.1) is 0 Å². The highest BCUT2D eigenvalue weighted by Gasteiger charge is 2.41. The number of para-hydroxylation sites is 1. The summed E-state index contributed by atoms with van der Waals surface area (Å²) < 4.78 is 19.5. The van der Waals surface area contributed by atoms with Crippen molar-refractivity contribution in [2.75, 3.05) is 12.4 Å². The van der Waals surface area contributed by atoms with Crippen molar-refractivity contribution >= 4 is 23.3 Å². The third kappa shape index (κ3) is 2.52. The zero-order chi connectivity index (χ0) is 17.6. The molecule has 1 aliphatic heterocycles. The number of ether oxygens (including phenoxy) is 1. The fraction of sp³-hybridized carbons (Fsp3) is 0.250. The van der Waals surface area contributed by atoms with Gasteiger partial charge < -0.3 is 10.1 Å². The molecule has 1 N–H and O–H groups in total. The number of methoxy groups -OCH3 is 1. The fourth-order valence-electron chi connectivity index (χ4n) is 4.00. The number of esters is 1. The SMILES string of the molecule is COC(=O)c1cccc2c1N[C@@H](c1c(F)cccc1Cl)[C@H]1CC=C[C@@H]21. The average molecular weight is 358 g/mol. The minimum Gasteiger partial charge on any atom is -0.465 e. The number of fused-ring (bicyclic) bond motifs is 3. The van der Waals surface area contributed by atoms with Gasteiger partial charge in [0, 0.05) is 16.5 Å². The van der Waals surface area contributed by atoms with Gasteiger partial charge in [0.1, 0.15) is 5.82 Å². The summed E-state index contributed by atoms with van der Waals surface area (Å²) in [6.07, 6.45) is 5.07. The van der Waals surface area contributed by atoms with Crippen LogP contribution in [0.1, 0.15) is 39.9 Å². The molecule has 1 heterocycles. The Hall–Kier alpha value is -2.33. The summed E-state index contributed by atoms with van der Waals surface area (Å²) in [6.45, 7) is 0. The topological polar surface area (TPSA) is 38.3 Å². The van der Waals surface area contributed by atoms with E-state index < -0.39 is 5.97 Å². The van der Waals surface area contributed by atoms with Crippen molar-refractivity contribution in [3.8, 4) is 0 Å². The second kappa shape index (κ2) is 6.19. The zero-order valence-electron chi connectivity index (χ0n) is 13.6. The van der Waals surface area contributed by atoms with Gasteiger partial charge in [0.2, 0.25) is 0 Å². The molecule has 0 amide bonds. The van der Waals surface area contributed by atoms with Gasteiger partial charge in [-0.2, -0.15) is 0 Å². The maximum atomic E-state index is 14.6. The number of halogens is 2. The first-order valence-electron chi connectivity index (χ1n) is 8.20. The molecule has 1 aliphatic carbocycles. The van der Waals surface area contributed by atoms with Crippen LogP contribution in [0.15, 0.2) is 48.6 Å². The van der Waals surface area contributed by atoms with Crippen molar-refractivity contribution in [2.45, 2.75) is 18.4 Å². The summed E-state index contributed by atoms with van der Waals surface area (Å²) in [7, 11) is 1.36. The number of anilines is 1.